The van der Waals surface area contributed by atoms with Crippen molar-refractivity contribution in [3.63, 3.8) is 0 Å². The maximum absolute atomic E-state index is 2.45. The van der Waals surface area contributed by atoms with Crippen LogP contribution in [0.1, 0.15) is 0 Å². The Morgan fingerprint density at radius 3 is 1.34 bits per heavy atom. The zero-order valence-corrected chi connectivity index (χ0v) is 32.0. The van der Waals surface area contributed by atoms with Crippen molar-refractivity contribution in [1.29, 1.82) is 0 Å². The molecule has 1 aromatic heterocycles. The molecule has 0 saturated carbocycles. The van der Waals surface area contributed by atoms with Crippen molar-refractivity contribution in [3.05, 3.63) is 176 Å². The molecule has 0 spiro atoms. The molecule has 53 heavy (non-hydrogen) atoms. The zero-order chi connectivity index (χ0) is 35.7. The molecule has 0 amide bonds. The van der Waals surface area contributed by atoms with Gasteiger partial charge in [-0.3, -0.25) is 0 Å². The molecule has 0 radical (unpaired) electrons. The van der Waals surface area contributed by atoms with Gasteiger partial charge >= 0.3 is 0 Å². The Kier molecular flexibility index (Phi) is 7.47. The van der Waals surface area contributed by atoms with Crippen molar-refractivity contribution in [1.82, 2.24) is 0 Å². The topological polar surface area (TPSA) is 0 Å². The summed E-state index contributed by atoms with van der Waals surface area (Å²) in [5.74, 6) is 0. The average Bonchev–Trinajstić information content (AvgIpc) is 3.58. The molecule has 252 valence electrons. The maximum atomic E-state index is 2.45. The van der Waals surface area contributed by atoms with Gasteiger partial charge in [-0.25, -0.2) is 0 Å². The van der Waals surface area contributed by atoms with Crippen molar-refractivity contribution in [3.8, 4) is 44.5 Å². The molecule has 0 N–H and O–H groups in total. The highest BCUT2D eigenvalue weighted by Gasteiger charge is 2.19. The molecule has 0 unspecified atom stereocenters. The highest BCUT2D eigenvalue weighted by Crippen LogP contribution is 2.39. The Morgan fingerprint density at radius 1 is 0.283 bits per heavy atom. The summed E-state index contributed by atoms with van der Waals surface area (Å²) in [4.78, 5) is 0. The van der Waals surface area contributed by atoms with Gasteiger partial charge in [0.25, 0.3) is 0 Å². The van der Waals surface area contributed by atoms with Crippen LogP contribution in [0, 0.1) is 0 Å². The van der Waals surface area contributed by atoms with E-state index < -0.39 is 8.07 Å². The third-order valence-electron chi connectivity index (χ3n) is 11.0. The summed E-state index contributed by atoms with van der Waals surface area (Å²) in [5.41, 5.74) is 10.0. The Labute approximate surface area is 315 Å². The molecule has 0 aliphatic rings. The summed E-state index contributed by atoms with van der Waals surface area (Å²) in [5, 5.41) is 12.0. The van der Waals surface area contributed by atoms with Crippen LogP contribution in [0.4, 0.5) is 0 Å². The van der Waals surface area contributed by atoms with Gasteiger partial charge in [-0.1, -0.05) is 170 Å². The predicted octanol–water partition coefficient (Wildman–Crippen LogP) is 14.7. The van der Waals surface area contributed by atoms with Crippen molar-refractivity contribution in [2.45, 2.75) is 19.6 Å². The summed E-state index contributed by atoms with van der Waals surface area (Å²) in [6, 6.07) is 65.8. The van der Waals surface area contributed by atoms with Crippen LogP contribution in [0.25, 0.3) is 97.0 Å². The van der Waals surface area contributed by atoms with E-state index in [1.54, 1.807) is 0 Å². The molecule has 0 aliphatic heterocycles. The van der Waals surface area contributed by atoms with E-state index in [-0.39, 0.29) is 0 Å². The molecule has 10 aromatic rings. The summed E-state index contributed by atoms with van der Waals surface area (Å²) >= 11 is 1.88. The Bertz CT molecular complexity index is 3000. The Balaban J connectivity index is 1.03. The zero-order valence-electron chi connectivity index (χ0n) is 30.2. The van der Waals surface area contributed by atoms with Gasteiger partial charge in [-0.15, -0.1) is 11.3 Å². The molecule has 9 aromatic carbocycles. The lowest BCUT2D eigenvalue weighted by Gasteiger charge is -2.20. The van der Waals surface area contributed by atoms with Crippen LogP contribution in [0.2, 0.25) is 19.6 Å². The largest absolute Gasteiger partial charge is 0.135 e. The standard InChI is InChI=1S/C51H38SSi/c1-53(2,3)41-29-39(28-40(30-41)37-23-25-46-44-15-5-4-13-42(44)43-14-6-7-16-45(43)49(46)31-37)34-21-19-33(20-22-34)35-11-10-12-36(27-35)38-24-26-48-47-17-8-9-18-50(47)52-51(48)32-38/h4-32H,1-3H3. The Morgan fingerprint density at radius 2 is 0.698 bits per heavy atom. The van der Waals surface area contributed by atoms with E-state index in [9.17, 15) is 0 Å². The summed E-state index contributed by atoms with van der Waals surface area (Å²) in [6.07, 6.45) is 0. The van der Waals surface area contributed by atoms with Crippen molar-refractivity contribution >= 4 is 77.1 Å². The number of fused-ring (bicyclic) bond motifs is 9. The van der Waals surface area contributed by atoms with Crippen LogP contribution in [0.5, 0.6) is 0 Å². The SMILES string of the molecule is C[Si](C)(C)c1cc(-c2ccc(-c3cccc(-c4ccc5c(c4)sc4ccccc45)c3)cc2)cc(-c2ccc3c4ccccc4c4ccccc4c3c2)c1. The fourth-order valence-corrected chi connectivity index (χ4v) is 10.4. The van der Waals surface area contributed by atoms with Gasteiger partial charge in [0.1, 0.15) is 0 Å². The molecule has 10 rings (SSSR count). The molecule has 0 fully saturated rings. The summed E-state index contributed by atoms with van der Waals surface area (Å²) in [7, 11) is -1.62. The molecule has 2 heteroatoms. The number of rotatable bonds is 5. The quantitative estimate of drug-likeness (QED) is 0.123. The first-order valence-corrected chi connectivity index (χ1v) is 22.8. The summed E-state index contributed by atoms with van der Waals surface area (Å²) < 4.78 is 2.68. The van der Waals surface area contributed by atoms with Gasteiger partial charge < -0.3 is 0 Å². The number of benzene rings is 9. The van der Waals surface area contributed by atoms with Crippen LogP contribution < -0.4 is 5.19 Å². The second-order valence-electron chi connectivity index (χ2n) is 15.4. The lowest BCUT2D eigenvalue weighted by molar-refractivity contribution is 1.58. The van der Waals surface area contributed by atoms with Gasteiger partial charge in [-0.2, -0.15) is 0 Å². The molecule has 0 nitrogen and oxygen atoms in total. The predicted molar refractivity (Wildman–Crippen MR) is 237 cm³/mol. The van der Waals surface area contributed by atoms with E-state index in [2.05, 4.69) is 196 Å². The molecule has 0 bridgehead atoms. The fourth-order valence-electron chi connectivity index (χ4n) is 8.12. The minimum atomic E-state index is -1.62. The molecule has 0 atom stereocenters. The number of hydrogen-bond acceptors (Lipinski definition) is 1. The van der Waals surface area contributed by atoms with E-state index >= 15 is 0 Å². The minimum absolute atomic E-state index is 1.23. The van der Waals surface area contributed by atoms with Crippen LogP contribution in [-0.4, -0.2) is 8.07 Å². The third-order valence-corrected chi connectivity index (χ3v) is 14.2. The smallest absolute Gasteiger partial charge is 0.0776 e. The van der Waals surface area contributed by atoms with Gasteiger partial charge in [0.15, 0.2) is 0 Å². The Hall–Kier alpha value is -5.80. The third kappa shape index (κ3) is 5.58. The van der Waals surface area contributed by atoms with E-state index in [0.717, 1.165) is 0 Å². The van der Waals surface area contributed by atoms with Crippen LogP contribution in [0.3, 0.4) is 0 Å². The number of hydrogen-bond donors (Lipinski definition) is 0. The van der Waals surface area contributed by atoms with Gasteiger partial charge in [0.05, 0.1) is 8.07 Å². The lowest BCUT2D eigenvalue weighted by atomic mass is 9.91. The molecular weight excluding hydrogens is 673 g/mol. The molecule has 0 saturated heterocycles. The first-order chi connectivity index (χ1) is 25.9. The van der Waals surface area contributed by atoms with Gasteiger partial charge in [-0.05, 0) is 107 Å². The van der Waals surface area contributed by atoms with Gasteiger partial charge in [0, 0.05) is 20.2 Å². The summed E-state index contributed by atoms with van der Waals surface area (Å²) in [6.45, 7) is 7.35. The molecule has 0 aliphatic carbocycles. The average molecular weight is 711 g/mol. The maximum Gasteiger partial charge on any atom is 0.0776 e. The van der Waals surface area contributed by atoms with Gasteiger partial charge in [0.2, 0.25) is 0 Å². The van der Waals surface area contributed by atoms with E-state index in [4.69, 9.17) is 0 Å². The van der Waals surface area contributed by atoms with E-state index in [1.165, 1.54) is 102 Å². The van der Waals surface area contributed by atoms with Crippen LogP contribution in [0.15, 0.2) is 176 Å². The monoisotopic (exact) mass is 710 g/mol. The van der Waals surface area contributed by atoms with Crippen molar-refractivity contribution in [2.24, 2.45) is 0 Å². The highest BCUT2D eigenvalue weighted by molar-refractivity contribution is 7.25. The first kappa shape index (κ1) is 31.9. The van der Waals surface area contributed by atoms with E-state index in [1.807, 2.05) is 11.3 Å². The van der Waals surface area contributed by atoms with Crippen LogP contribution in [-0.2, 0) is 0 Å². The lowest BCUT2D eigenvalue weighted by Crippen LogP contribution is -2.37. The fraction of sp³-hybridized carbons (Fsp3) is 0.0588. The highest BCUT2D eigenvalue weighted by atomic mass is 32.1. The normalized spacial score (nSPS) is 12.1. The van der Waals surface area contributed by atoms with E-state index in [0.29, 0.717) is 0 Å². The van der Waals surface area contributed by atoms with Crippen molar-refractivity contribution in [2.75, 3.05) is 0 Å². The van der Waals surface area contributed by atoms with Crippen LogP contribution >= 0.6 is 11.3 Å². The minimum Gasteiger partial charge on any atom is -0.135 e. The number of thiophene rings is 1. The second kappa shape index (κ2) is 12.4. The molecular formula is C51H38SSi. The first-order valence-electron chi connectivity index (χ1n) is 18.5. The molecule has 1 heterocycles. The second-order valence-corrected chi connectivity index (χ2v) is 21.5. The van der Waals surface area contributed by atoms with Crippen molar-refractivity contribution < 1.29 is 0 Å².